The molecule has 1 rings (SSSR count). The van der Waals surface area contributed by atoms with E-state index in [1.54, 1.807) is 12.1 Å². The van der Waals surface area contributed by atoms with Crippen LogP contribution in [-0.4, -0.2) is 81.7 Å². The molecule has 0 aliphatic heterocycles. The standard InChI is InChI=1S/C25H39N7O8/c1-13(2)10-16(26)21(36)31-18(11-14-5-7-15(33)8-6-14)23(38)30-17(4-3-9-29-25(27)28)22(37)32-19(24(39)40)12-20(34)35/h5-8,13,16-19,33H,3-4,9-12,26H2,1-2H3,(H,30,38)(H,31,36)(H,32,37)(H,34,35)(H,39,40)(H4,27,28,29). The van der Waals surface area contributed by atoms with Crippen LogP contribution in [0.25, 0.3) is 0 Å². The molecule has 0 fully saturated rings. The molecule has 40 heavy (non-hydrogen) atoms. The number of aromatic hydroxyl groups is 1. The van der Waals surface area contributed by atoms with Crippen molar-refractivity contribution in [2.24, 2.45) is 28.1 Å². The number of nitrogens with zero attached hydrogens (tertiary/aromatic N) is 1. The van der Waals surface area contributed by atoms with E-state index in [9.17, 15) is 34.2 Å². The van der Waals surface area contributed by atoms with E-state index >= 15 is 0 Å². The molecule has 222 valence electrons. The minimum Gasteiger partial charge on any atom is -0.508 e. The van der Waals surface area contributed by atoms with Crippen LogP contribution in [0.5, 0.6) is 5.75 Å². The first-order chi connectivity index (χ1) is 18.7. The van der Waals surface area contributed by atoms with Crippen molar-refractivity contribution in [2.75, 3.05) is 6.54 Å². The fraction of sp³-hybridized carbons (Fsp3) is 0.520. The number of rotatable bonds is 17. The number of nitrogens with one attached hydrogen (secondary N) is 3. The zero-order chi connectivity index (χ0) is 30.4. The van der Waals surface area contributed by atoms with E-state index in [-0.39, 0.29) is 43.4 Å². The van der Waals surface area contributed by atoms with Crippen LogP contribution in [0.3, 0.4) is 0 Å². The summed E-state index contributed by atoms with van der Waals surface area (Å²) in [5, 5.41) is 35.1. The highest BCUT2D eigenvalue weighted by molar-refractivity contribution is 5.94. The Balaban J connectivity index is 3.20. The first kappa shape index (κ1) is 33.6. The minimum absolute atomic E-state index is 0.000372. The number of benzene rings is 1. The van der Waals surface area contributed by atoms with Crippen LogP contribution in [0.4, 0.5) is 0 Å². The molecule has 0 radical (unpaired) electrons. The van der Waals surface area contributed by atoms with Gasteiger partial charge in [0.1, 0.15) is 23.9 Å². The average molecular weight is 566 g/mol. The molecule has 0 bridgehead atoms. The number of hydrogen-bond donors (Lipinski definition) is 9. The Labute approximate surface area is 231 Å². The monoisotopic (exact) mass is 565 g/mol. The van der Waals surface area contributed by atoms with Gasteiger partial charge in [-0.2, -0.15) is 0 Å². The molecule has 0 aromatic heterocycles. The van der Waals surface area contributed by atoms with Crippen LogP contribution in [0.2, 0.25) is 0 Å². The summed E-state index contributed by atoms with van der Waals surface area (Å²) >= 11 is 0. The van der Waals surface area contributed by atoms with Gasteiger partial charge < -0.3 is 48.5 Å². The number of nitrogens with two attached hydrogens (primary N) is 3. The summed E-state index contributed by atoms with van der Waals surface area (Å²) in [6, 6.07) is 0.760. The number of hydrogen-bond acceptors (Lipinski definition) is 8. The second-order valence-corrected chi connectivity index (χ2v) is 9.68. The fourth-order valence-electron chi connectivity index (χ4n) is 3.66. The predicted molar refractivity (Wildman–Crippen MR) is 145 cm³/mol. The maximum atomic E-state index is 13.4. The minimum atomic E-state index is -1.75. The maximum Gasteiger partial charge on any atom is 0.326 e. The number of aliphatic carboxylic acids is 2. The SMILES string of the molecule is CC(C)CC(N)C(=O)NC(Cc1ccc(O)cc1)C(=O)NC(CCCN=C(N)N)C(=O)NC(CC(=O)O)C(=O)O. The lowest BCUT2D eigenvalue weighted by atomic mass is 10.0. The molecule has 15 heteroatoms. The third kappa shape index (κ3) is 12.9. The molecule has 1 aromatic carbocycles. The molecule has 0 saturated heterocycles. The van der Waals surface area contributed by atoms with Crippen molar-refractivity contribution in [3.8, 4) is 5.75 Å². The van der Waals surface area contributed by atoms with E-state index in [1.807, 2.05) is 13.8 Å². The molecule has 0 aliphatic carbocycles. The number of carbonyl (C=O) groups excluding carboxylic acids is 3. The lowest BCUT2D eigenvalue weighted by Crippen LogP contribution is -2.57. The number of amides is 3. The van der Waals surface area contributed by atoms with Gasteiger partial charge in [-0.05, 0) is 42.9 Å². The molecule has 0 heterocycles. The topological polar surface area (TPSA) is 273 Å². The first-order valence-electron chi connectivity index (χ1n) is 12.6. The van der Waals surface area contributed by atoms with E-state index in [0.717, 1.165) is 0 Å². The highest BCUT2D eigenvalue weighted by Crippen LogP contribution is 2.13. The Morgan fingerprint density at radius 2 is 1.43 bits per heavy atom. The molecular formula is C25H39N7O8. The lowest BCUT2D eigenvalue weighted by molar-refractivity contribution is -0.147. The maximum absolute atomic E-state index is 13.4. The molecule has 4 unspecified atom stereocenters. The normalized spacial score (nSPS) is 13.8. The molecule has 1 aromatic rings. The number of carbonyl (C=O) groups is 5. The quantitative estimate of drug-likeness (QED) is 0.0587. The van der Waals surface area contributed by atoms with Gasteiger partial charge in [-0.3, -0.25) is 24.2 Å². The number of carboxylic acid groups (broad SMARTS) is 2. The van der Waals surface area contributed by atoms with Gasteiger partial charge in [0.2, 0.25) is 17.7 Å². The second-order valence-electron chi connectivity index (χ2n) is 9.68. The van der Waals surface area contributed by atoms with Gasteiger partial charge in [-0.1, -0.05) is 26.0 Å². The lowest BCUT2D eigenvalue weighted by Gasteiger charge is -2.25. The third-order valence-corrected chi connectivity index (χ3v) is 5.64. The Kier molecular flexibility index (Phi) is 13.9. The first-order valence-corrected chi connectivity index (χ1v) is 12.6. The number of aliphatic imine (C=N–C) groups is 1. The van der Waals surface area contributed by atoms with Gasteiger partial charge in [-0.25, -0.2) is 4.79 Å². The van der Waals surface area contributed by atoms with Crippen molar-refractivity contribution < 1.29 is 39.3 Å². The molecule has 0 aliphatic rings. The van der Waals surface area contributed by atoms with Crippen LogP contribution in [0.1, 0.15) is 45.1 Å². The number of guanidine groups is 1. The van der Waals surface area contributed by atoms with Gasteiger partial charge >= 0.3 is 11.9 Å². The molecule has 15 nitrogen and oxygen atoms in total. The molecule has 3 amide bonds. The van der Waals surface area contributed by atoms with E-state index in [1.165, 1.54) is 12.1 Å². The van der Waals surface area contributed by atoms with Crippen LogP contribution in [-0.2, 0) is 30.4 Å². The van der Waals surface area contributed by atoms with Crippen LogP contribution >= 0.6 is 0 Å². The fourth-order valence-corrected chi connectivity index (χ4v) is 3.66. The zero-order valence-corrected chi connectivity index (χ0v) is 22.5. The number of phenols is 1. The number of carboxylic acids is 2. The van der Waals surface area contributed by atoms with Crippen LogP contribution < -0.4 is 33.2 Å². The van der Waals surface area contributed by atoms with Crippen LogP contribution in [0.15, 0.2) is 29.3 Å². The van der Waals surface area contributed by atoms with Crippen LogP contribution in [0, 0.1) is 5.92 Å². The van der Waals surface area contributed by atoms with Crippen molar-refractivity contribution in [2.45, 2.75) is 70.1 Å². The van der Waals surface area contributed by atoms with E-state index in [4.69, 9.17) is 22.3 Å². The molecule has 4 atom stereocenters. The van der Waals surface area contributed by atoms with Gasteiger partial charge in [0, 0.05) is 13.0 Å². The molecule has 12 N–H and O–H groups in total. The Morgan fingerprint density at radius 3 is 1.95 bits per heavy atom. The summed E-state index contributed by atoms with van der Waals surface area (Å²) in [6.45, 7) is 3.86. The van der Waals surface area contributed by atoms with Gasteiger partial charge in [0.15, 0.2) is 5.96 Å². The van der Waals surface area contributed by atoms with Crippen molar-refractivity contribution in [3.05, 3.63) is 29.8 Å². The highest BCUT2D eigenvalue weighted by atomic mass is 16.4. The van der Waals surface area contributed by atoms with Crippen molar-refractivity contribution in [3.63, 3.8) is 0 Å². The van der Waals surface area contributed by atoms with Gasteiger partial charge in [0.25, 0.3) is 0 Å². The second kappa shape index (κ2) is 16.5. The largest absolute Gasteiger partial charge is 0.508 e. The zero-order valence-electron chi connectivity index (χ0n) is 22.5. The summed E-state index contributed by atoms with van der Waals surface area (Å²) in [6.07, 6.45) is -0.397. The summed E-state index contributed by atoms with van der Waals surface area (Å²) in [5.74, 6) is -5.41. The number of phenolic OH excluding ortho intramolecular Hbond substituents is 1. The van der Waals surface area contributed by atoms with Gasteiger partial charge in [0.05, 0.1) is 12.5 Å². The Bertz CT molecular complexity index is 1060. The van der Waals surface area contributed by atoms with Crippen molar-refractivity contribution >= 4 is 35.6 Å². The summed E-state index contributed by atoms with van der Waals surface area (Å²) in [4.78, 5) is 65.4. The Hall–Kier alpha value is -4.40. The average Bonchev–Trinajstić information content (AvgIpc) is 2.85. The highest BCUT2D eigenvalue weighted by Gasteiger charge is 2.31. The van der Waals surface area contributed by atoms with E-state index in [0.29, 0.717) is 12.0 Å². The van der Waals surface area contributed by atoms with Crippen molar-refractivity contribution in [1.82, 2.24) is 16.0 Å². The van der Waals surface area contributed by atoms with E-state index < -0.39 is 60.2 Å². The smallest absolute Gasteiger partial charge is 0.326 e. The van der Waals surface area contributed by atoms with Gasteiger partial charge in [-0.15, -0.1) is 0 Å². The molecule has 0 saturated carbocycles. The van der Waals surface area contributed by atoms with E-state index in [2.05, 4.69) is 20.9 Å². The summed E-state index contributed by atoms with van der Waals surface area (Å²) in [7, 11) is 0. The molecular weight excluding hydrogens is 526 g/mol. The summed E-state index contributed by atoms with van der Waals surface area (Å²) < 4.78 is 0. The Morgan fingerprint density at radius 1 is 0.875 bits per heavy atom. The summed E-state index contributed by atoms with van der Waals surface area (Å²) in [5.41, 5.74) is 17.2. The molecule has 0 spiro atoms. The van der Waals surface area contributed by atoms with Crippen molar-refractivity contribution in [1.29, 1.82) is 0 Å². The predicted octanol–water partition coefficient (Wildman–Crippen LogP) is -1.62. The third-order valence-electron chi connectivity index (χ3n) is 5.64.